The third-order valence-electron chi connectivity index (χ3n) is 4.04. The van der Waals surface area contributed by atoms with Crippen LogP contribution in [-0.2, 0) is 0 Å². The van der Waals surface area contributed by atoms with Crippen molar-refractivity contribution in [3.8, 4) is 0 Å². The number of aromatic nitrogens is 1. The Labute approximate surface area is 117 Å². The quantitative estimate of drug-likeness (QED) is 0.682. The van der Waals surface area contributed by atoms with Crippen LogP contribution in [0.5, 0.6) is 0 Å². The molecule has 1 aliphatic carbocycles. The van der Waals surface area contributed by atoms with Crippen molar-refractivity contribution in [1.29, 1.82) is 0 Å². The van der Waals surface area contributed by atoms with Gasteiger partial charge in [0.05, 0.1) is 10.3 Å². The molecular weight excluding hydrogens is 254 g/mol. The molecule has 0 amide bonds. The molecule has 5 heteroatoms. The van der Waals surface area contributed by atoms with Gasteiger partial charge < -0.3 is 5.32 Å². The number of nitro groups is 1. The van der Waals surface area contributed by atoms with Gasteiger partial charge in [-0.25, -0.2) is 0 Å². The van der Waals surface area contributed by atoms with E-state index in [-0.39, 0.29) is 10.6 Å². The first kappa shape index (κ1) is 12.8. The number of aryl methyl sites for hydroxylation is 1. The lowest BCUT2D eigenvalue weighted by atomic mass is 10.1. The summed E-state index contributed by atoms with van der Waals surface area (Å²) in [5, 5.41) is 16.0. The fourth-order valence-electron chi connectivity index (χ4n) is 2.57. The maximum Gasteiger partial charge on any atom is 0.278 e. The summed E-state index contributed by atoms with van der Waals surface area (Å²) in [6.45, 7) is 5.06. The molecule has 1 aromatic carbocycles. The van der Waals surface area contributed by atoms with Crippen LogP contribution >= 0.6 is 0 Å². The molecule has 1 N–H and O–H groups in total. The van der Waals surface area contributed by atoms with Gasteiger partial charge in [-0.15, -0.1) is 0 Å². The Morgan fingerprint density at radius 3 is 2.85 bits per heavy atom. The van der Waals surface area contributed by atoms with Crippen molar-refractivity contribution in [3.63, 3.8) is 0 Å². The van der Waals surface area contributed by atoms with E-state index in [0.29, 0.717) is 5.39 Å². The zero-order valence-electron chi connectivity index (χ0n) is 11.6. The number of nitro benzene ring substituents is 1. The zero-order chi connectivity index (χ0) is 14.3. The lowest BCUT2D eigenvalue weighted by Gasteiger charge is -2.10. The van der Waals surface area contributed by atoms with Crippen LogP contribution in [0.15, 0.2) is 24.4 Å². The minimum atomic E-state index is -0.355. The summed E-state index contributed by atoms with van der Waals surface area (Å²) in [5.74, 6) is 1.51. The molecule has 0 radical (unpaired) electrons. The number of anilines is 1. The van der Waals surface area contributed by atoms with E-state index in [9.17, 15) is 10.1 Å². The maximum atomic E-state index is 11.1. The van der Waals surface area contributed by atoms with E-state index in [0.717, 1.165) is 35.1 Å². The fourth-order valence-corrected chi connectivity index (χ4v) is 2.57. The van der Waals surface area contributed by atoms with E-state index < -0.39 is 0 Å². The largest absolute Gasteiger partial charge is 0.384 e. The molecule has 0 spiro atoms. The number of nitrogens with zero attached hydrogens (tertiary/aromatic N) is 2. The topological polar surface area (TPSA) is 68.1 Å². The molecule has 2 aromatic rings. The molecular formula is C15H17N3O2. The number of benzene rings is 1. The zero-order valence-corrected chi connectivity index (χ0v) is 11.6. The first-order valence-electron chi connectivity index (χ1n) is 6.84. The first-order valence-corrected chi connectivity index (χ1v) is 6.84. The monoisotopic (exact) mass is 271 g/mol. The van der Waals surface area contributed by atoms with Crippen LogP contribution in [0.25, 0.3) is 10.8 Å². The summed E-state index contributed by atoms with van der Waals surface area (Å²) >= 11 is 0. The summed E-state index contributed by atoms with van der Waals surface area (Å²) in [6, 6.07) is 5.26. The van der Waals surface area contributed by atoms with E-state index >= 15 is 0 Å². The Hall–Kier alpha value is -2.17. The van der Waals surface area contributed by atoms with E-state index in [1.54, 1.807) is 18.3 Å². The van der Waals surface area contributed by atoms with Crippen LogP contribution in [0, 0.1) is 28.9 Å². The lowest BCUT2D eigenvalue weighted by molar-refractivity contribution is -0.383. The summed E-state index contributed by atoms with van der Waals surface area (Å²) in [7, 11) is 0. The summed E-state index contributed by atoms with van der Waals surface area (Å²) in [6.07, 6.45) is 2.85. The van der Waals surface area contributed by atoms with Crippen LogP contribution < -0.4 is 5.32 Å². The Balaban J connectivity index is 2.01. The second kappa shape index (κ2) is 4.74. The number of nitrogens with one attached hydrogen (secondary N) is 1. The average Bonchev–Trinajstić information content (AvgIpc) is 3.11. The van der Waals surface area contributed by atoms with Gasteiger partial charge in [0.2, 0.25) is 0 Å². The average molecular weight is 271 g/mol. The fraction of sp³-hybridized carbons (Fsp3) is 0.400. The molecule has 104 valence electrons. The highest BCUT2D eigenvalue weighted by Crippen LogP contribution is 2.38. The number of hydrogen-bond donors (Lipinski definition) is 1. The van der Waals surface area contributed by atoms with Crippen molar-refractivity contribution < 1.29 is 4.92 Å². The van der Waals surface area contributed by atoms with Crippen molar-refractivity contribution in [1.82, 2.24) is 4.98 Å². The summed E-state index contributed by atoms with van der Waals surface area (Å²) < 4.78 is 0. The lowest BCUT2D eigenvalue weighted by Crippen LogP contribution is -2.05. The van der Waals surface area contributed by atoms with Crippen LogP contribution in [-0.4, -0.2) is 16.5 Å². The predicted molar refractivity (Wildman–Crippen MR) is 78.9 cm³/mol. The summed E-state index contributed by atoms with van der Waals surface area (Å²) in [4.78, 5) is 14.9. The molecule has 0 saturated heterocycles. The number of fused-ring (bicyclic) bond motifs is 1. The van der Waals surface area contributed by atoms with E-state index in [2.05, 4.69) is 17.2 Å². The molecule has 3 rings (SSSR count). The van der Waals surface area contributed by atoms with E-state index in [4.69, 9.17) is 0 Å². The molecule has 20 heavy (non-hydrogen) atoms. The minimum Gasteiger partial charge on any atom is -0.384 e. The van der Waals surface area contributed by atoms with Crippen molar-refractivity contribution in [2.45, 2.75) is 20.3 Å². The van der Waals surface area contributed by atoms with Crippen molar-refractivity contribution >= 4 is 22.1 Å². The Kier molecular flexibility index (Phi) is 3.04. The predicted octanol–water partition coefficient (Wildman–Crippen LogP) is 3.52. The molecule has 1 fully saturated rings. The molecule has 1 aliphatic rings. The molecule has 0 aliphatic heterocycles. The Morgan fingerprint density at radius 1 is 1.45 bits per heavy atom. The number of hydrogen-bond acceptors (Lipinski definition) is 4. The van der Waals surface area contributed by atoms with Gasteiger partial charge in [0.15, 0.2) is 0 Å². The van der Waals surface area contributed by atoms with Crippen LogP contribution in [0.3, 0.4) is 0 Å². The van der Waals surface area contributed by atoms with Gasteiger partial charge in [-0.2, -0.15) is 0 Å². The third-order valence-corrected chi connectivity index (χ3v) is 4.04. The second-order valence-corrected chi connectivity index (χ2v) is 5.61. The van der Waals surface area contributed by atoms with Crippen molar-refractivity contribution in [2.75, 3.05) is 11.9 Å². The van der Waals surface area contributed by atoms with Gasteiger partial charge in [-0.1, -0.05) is 6.92 Å². The van der Waals surface area contributed by atoms with Gasteiger partial charge >= 0.3 is 0 Å². The third kappa shape index (κ3) is 2.31. The van der Waals surface area contributed by atoms with Crippen LogP contribution in [0.2, 0.25) is 0 Å². The molecule has 1 aromatic heterocycles. The molecule has 1 heterocycles. The molecule has 2 unspecified atom stereocenters. The highest BCUT2D eigenvalue weighted by Gasteiger charge is 2.32. The van der Waals surface area contributed by atoms with Crippen LogP contribution in [0.4, 0.5) is 11.4 Å². The van der Waals surface area contributed by atoms with Gasteiger partial charge in [0.1, 0.15) is 0 Å². The molecule has 2 atom stereocenters. The number of rotatable bonds is 4. The molecule has 1 saturated carbocycles. The SMILES string of the molecule is Cc1cc2c(NCC3CC3C)ccc([N+](=O)[O-])c2cn1. The van der Waals surface area contributed by atoms with E-state index in [1.807, 2.05) is 13.0 Å². The maximum absolute atomic E-state index is 11.1. The highest BCUT2D eigenvalue weighted by molar-refractivity contribution is 5.99. The Bertz CT molecular complexity index is 684. The van der Waals surface area contributed by atoms with Crippen molar-refractivity contribution in [2.24, 2.45) is 11.8 Å². The minimum absolute atomic E-state index is 0.109. The normalized spacial score (nSPS) is 20.9. The number of non-ortho nitro benzene ring substituents is 1. The van der Waals surface area contributed by atoms with E-state index in [1.165, 1.54) is 6.42 Å². The second-order valence-electron chi connectivity index (χ2n) is 5.61. The van der Waals surface area contributed by atoms with Crippen LogP contribution in [0.1, 0.15) is 19.0 Å². The first-order chi connectivity index (χ1) is 9.56. The van der Waals surface area contributed by atoms with Crippen molar-refractivity contribution in [3.05, 3.63) is 40.2 Å². The number of pyridine rings is 1. The Morgan fingerprint density at radius 2 is 2.20 bits per heavy atom. The smallest absolute Gasteiger partial charge is 0.278 e. The van der Waals surface area contributed by atoms with Gasteiger partial charge in [0, 0.05) is 35.6 Å². The molecule has 5 nitrogen and oxygen atoms in total. The summed E-state index contributed by atoms with van der Waals surface area (Å²) in [5.41, 5.74) is 1.92. The highest BCUT2D eigenvalue weighted by atomic mass is 16.6. The molecule has 0 bridgehead atoms. The van der Waals surface area contributed by atoms with Gasteiger partial charge in [-0.05, 0) is 37.3 Å². The van der Waals surface area contributed by atoms with Gasteiger partial charge in [-0.3, -0.25) is 15.1 Å². The van der Waals surface area contributed by atoms with Gasteiger partial charge in [0.25, 0.3) is 5.69 Å². The standard InChI is InChI=1S/C15H17N3O2/c1-9-5-11(9)7-17-14-3-4-15(18(19)20)13-8-16-10(2)6-12(13)14/h3-4,6,8-9,11,17H,5,7H2,1-2H3.